The molecule has 0 fully saturated rings. The first kappa shape index (κ1) is 12.4. The van der Waals surface area contributed by atoms with Crippen molar-refractivity contribution in [2.45, 2.75) is 0 Å². The molecule has 0 aliphatic heterocycles. The number of hydrogen-bond donors (Lipinski definition) is 3. The van der Waals surface area contributed by atoms with Gasteiger partial charge in [-0.25, -0.2) is 5.84 Å². The van der Waals surface area contributed by atoms with Crippen LogP contribution in [0.3, 0.4) is 0 Å². The first-order valence-electron chi connectivity index (χ1n) is 3.93. The number of benzene rings is 1. The Bertz CT molecular complexity index is 368. The van der Waals surface area contributed by atoms with Crippen molar-refractivity contribution < 1.29 is 0 Å². The third kappa shape index (κ3) is 3.14. The van der Waals surface area contributed by atoms with E-state index in [0.717, 1.165) is 0 Å². The van der Waals surface area contributed by atoms with Crippen LogP contribution in [0.2, 0.25) is 15.1 Å². The predicted molar refractivity (Wildman–Crippen MR) is 65.8 cm³/mol. The van der Waals surface area contributed by atoms with Crippen molar-refractivity contribution in [3.8, 4) is 0 Å². The van der Waals surface area contributed by atoms with Crippen LogP contribution in [-0.2, 0) is 0 Å². The van der Waals surface area contributed by atoms with Gasteiger partial charge in [-0.15, -0.1) is 0 Å². The van der Waals surface area contributed by atoms with E-state index >= 15 is 0 Å². The van der Waals surface area contributed by atoms with Crippen LogP contribution < -0.4 is 16.6 Å². The van der Waals surface area contributed by atoms with Crippen LogP contribution in [0, 0.1) is 0 Å². The molecule has 0 atom stereocenters. The summed E-state index contributed by atoms with van der Waals surface area (Å²) in [6.07, 6.45) is 0. The van der Waals surface area contributed by atoms with Crippen molar-refractivity contribution in [1.29, 1.82) is 0 Å². The summed E-state index contributed by atoms with van der Waals surface area (Å²) < 4.78 is 0. The van der Waals surface area contributed by atoms with Crippen molar-refractivity contribution in [1.82, 2.24) is 5.43 Å². The largest absolute Gasteiger partial charge is 0.325 e. The molecule has 0 saturated heterocycles. The SMILES string of the molecule is CN=C(NN)Nc1cc(Cl)c(Cl)c(Cl)c1. The molecule has 1 aromatic rings. The van der Waals surface area contributed by atoms with E-state index in [1.54, 1.807) is 19.2 Å². The third-order valence-electron chi connectivity index (χ3n) is 1.61. The molecule has 0 radical (unpaired) electrons. The number of nitrogens with two attached hydrogens (primary N) is 1. The van der Waals surface area contributed by atoms with E-state index in [9.17, 15) is 0 Å². The van der Waals surface area contributed by atoms with Crippen molar-refractivity contribution in [2.24, 2.45) is 10.8 Å². The van der Waals surface area contributed by atoms with E-state index in [0.29, 0.717) is 26.7 Å². The molecule has 0 aliphatic rings. The first-order chi connectivity index (χ1) is 7.08. The fourth-order valence-electron chi connectivity index (χ4n) is 0.921. The van der Waals surface area contributed by atoms with Gasteiger partial charge in [0.05, 0.1) is 15.1 Å². The van der Waals surface area contributed by atoms with Gasteiger partial charge in [-0.3, -0.25) is 10.4 Å². The zero-order valence-corrected chi connectivity index (χ0v) is 10.1. The van der Waals surface area contributed by atoms with E-state index < -0.39 is 0 Å². The highest BCUT2D eigenvalue weighted by Crippen LogP contribution is 2.32. The second-order valence-electron chi connectivity index (χ2n) is 2.60. The lowest BCUT2D eigenvalue weighted by molar-refractivity contribution is 1.01. The minimum atomic E-state index is 0.319. The lowest BCUT2D eigenvalue weighted by Crippen LogP contribution is -2.36. The van der Waals surface area contributed by atoms with Gasteiger partial charge in [-0.2, -0.15) is 0 Å². The lowest BCUT2D eigenvalue weighted by Gasteiger charge is -2.09. The highest BCUT2D eigenvalue weighted by atomic mass is 35.5. The summed E-state index contributed by atoms with van der Waals surface area (Å²) in [5, 5.41) is 3.91. The van der Waals surface area contributed by atoms with Gasteiger partial charge in [0.15, 0.2) is 0 Å². The van der Waals surface area contributed by atoms with Crippen molar-refractivity contribution in [3.63, 3.8) is 0 Å². The zero-order valence-electron chi connectivity index (χ0n) is 7.81. The van der Waals surface area contributed by atoms with Crippen LogP contribution in [-0.4, -0.2) is 13.0 Å². The molecule has 7 heteroatoms. The van der Waals surface area contributed by atoms with Gasteiger partial charge in [-0.05, 0) is 12.1 Å². The van der Waals surface area contributed by atoms with Gasteiger partial charge < -0.3 is 5.32 Å². The molecule has 15 heavy (non-hydrogen) atoms. The van der Waals surface area contributed by atoms with Gasteiger partial charge >= 0.3 is 0 Å². The predicted octanol–water partition coefficient (Wildman–Crippen LogP) is 2.51. The summed E-state index contributed by atoms with van der Waals surface area (Å²) in [5.41, 5.74) is 3.02. The van der Waals surface area contributed by atoms with Gasteiger partial charge in [0, 0.05) is 12.7 Å². The third-order valence-corrected chi connectivity index (χ3v) is 2.80. The van der Waals surface area contributed by atoms with Gasteiger partial charge in [0.1, 0.15) is 0 Å². The van der Waals surface area contributed by atoms with Crippen LogP contribution in [0.25, 0.3) is 0 Å². The van der Waals surface area contributed by atoms with Gasteiger partial charge in [0.25, 0.3) is 0 Å². The molecule has 0 amide bonds. The Kier molecular flexibility index (Phi) is 4.47. The molecule has 82 valence electrons. The van der Waals surface area contributed by atoms with Crippen LogP contribution in [0.1, 0.15) is 0 Å². The Morgan fingerprint density at radius 2 is 1.80 bits per heavy atom. The molecule has 0 saturated carbocycles. The van der Waals surface area contributed by atoms with Crippen molar-refractivity contribution >= 4 is 46.4 Å². The van der Waals surface area contributed by atoms with E-state index in [1.807, 2.05) is 0 Å². The molecule has 4 nitrogen and oxygen atoms in total. The number of rotatable bonds is 1. The highest BCUT2D eigenvalue weighted by molar-refractivity contribution is 6.48. The lowest BCUT2D eigenvalue weighted by atomic mass is 10.3. The molecule has 1 aromatic carbocycles. The quantitative estimate of drug-likeness (QED) is 0.241. The average molecular weight is 268 g/mol. The number of halogens is 3. The maximum atomic E-state index is 5.84. The number of nitrogens with one attached hydrogen (secondary N) is 2. The fraction of sp³-hybridized carbons (Fsp3) is 0.125. The summed E-state index contributed by atoms with van der Waals surface area (Å²) in [5.74, 6) is 5.59. The first-order valence-corrected chi connectivity index (χ1v) is 5.07. The summed E-state index contributed by atoms with van der Waals surface area (Å²) in [6, 6.07) is 3.25. The Labute approximate surface area is 102 Å². The van der Waals surface area contributed by atoms with E-state index in [2.05, 4.69) is 15.7 Å². The normalized spacial score (nSPS) is 11.4. The summed E-state index contributed by atoms with van der Waals surface area (Å²) >= 11 is 17.5. The van der Waals surface area contributed by atoms with E-state index in [-0.39, 0.29) is 0 Å². The summed E-state index contributed by atoms with van der Waals surface area (Å²) in [7, 11) is 1.58. The van der Waals surface area contributed by atoms with Crippen LogP contribution in [0.5, 0.6) is 0 Å². The standard InChI is InChI=1S/C8H9Cl3N4/c1-13-8(15-12)14-4-2-5(9)7(11)6(10)3-4/h2-3H,12H2,1H3,(H2,13,14,15). The number of guanidine groups is 1. The minimum absolute atomic E-state index is 0.319. The number of nitrogens with zero attached hydrogens (tertiary/aromatic N) is 1. The van der Waals surface area contributed by atoms with Crippen LogP contribution >= 0.6 is 34.8 Å². The molecule has 1 rings (SSSR count). The van der Waals surface area contributed by atoms with Crippen LogP contribution in [0.15, 0.2) is 17.1 Å². The molecular weight excluding hydrogens is 258 g/mol. The molecule has 0 heterocycles. The summed E-state index contributed by atoms with van der Waals surface area (Å²) in [4.78, 5) is 3.83. The van der Waals surface area contributed by atoms with Crippen molar-refractivity contribution in [2.75, 3.05) is 12.4 Å². The number of anilines is 1. The Balaban J connectivity index is 2.97. The Morgan fingerprint density at radius 3 is 2.20 bits per heavy atom. The number of hydrazine groups is 1. The smallest absolute Gasteiger partial charge is 0.209 e. The summed E-state index contributed by atoms with van der Waals surface area (Å²) in [6.45, 7) is 0. The Morgan fingerprint density at radius 1 is 1.27 bits per heavy atom. The average Bonchev–Trinajstić information content (AvgIpc) is 2.22. The maximum Gasteiger partial charge on any atom is 0.209 e. The second kappa shape index (κ2) is 5.42. The van der Waals surface area contributed by atoms with Crippen LogP contribution in [0.4, 0.5) is 5.69 Å². The van der Waals surface area contributed by atoms with Gasteiger partial charge in [-0.1, -0.05) is 34.8 Å². The molecule has 0 aromatic heterocycles. The number of aliphatic imine (C=N–C) groups is 1. The molecule has 0 bridgehead atoms. The zero-order chi connectivity index (χ0) is 11.4. The van der Waals surface area contributed by atoms with Crippen molar-refractivity contribution in [3.05, 3.63) is 27.2 Å². The highest BCUT2D eigenvalue weighted by Gasteiger charge is 2.06. The van der Waals surface area contributed by atoms with E-state index in [1.165, 1.54) is 0 Å². The molecular formula is C8H9Cl3N4. The minimum Gasteiger partial charge on any atom is -0.325 e. The molecule has 0 aliphatic carbocycles. The molecule has 4 N–H and O–H groups in total. The Hall–Kier alpha value is -0.680. The fourth-order valence-corrected chi connectivity index (χ4v) is 1.52. The van der Waals surface area contributed by atoms with E-state index in [4.69, 9.17) is 40.6 Å². The topological polar surface area (TPSA) is 62.4 Å². The maximum absolute atomic E-state index is 5.84. The number of hydrogen-bond acceptors (Lipinski definition) is 2. The molecule has 0 unspecified atom stereocenters. The molecule has 0 spiro atoms. The second-order valence-corrected chi connectivity index (χ2v) is 3.79. The monoisotopic (exact) mass is 266 g/mol. The van der Waals surface area contributed by atoms with Gasteiger partial charge in [0.2, 0.25) is 5.96 Å².